The van der Waals surface area contributed by atoms with Crippen LogP contribution in [0.3, 0.4) is 0 Å². The van der Waals surface area contributed by atoms with Crippen LogP contribution in [0, 0.1) is 6.92 Å². The van der Waals surface area contributed by atoms with Gasteiger partial charge in [-0.1, -0.05) is 23.8 Å². The van der Waals surface area contributed by atoms with Gasteiger partial charge in [0.25, 0.3) is 10.0 Å². The summed E-state index contributed by atoms with van der Waals surface area (Å²) in [5.41, 5.74) is 1.48. The SMILES string of the molecule is Cc1ccc(S(=O)(=O)Nc2ccc(N3CCN(Cc4cccs4)CC3)nc2)cc1. The Kier molecular flexibility index (Phi) is 5.84. The summed E-state index contributed by atoms with van der Waals surface area (Å²) in [6.45, 7) is 6.72. The molecule has 0 amide bonds. The van der Waals surface area contributed by atoms with Crippen molar-refractivity contribution in [1.82, 2.24) is 9.88 Å². The minimum Gasteiger partial charge on any atom is -0.354 e. The minimum absolute atomic E-state index is 0.244. The monoisotopic (exact) mass is 428 g/mol. The first-order valence-corrected chi connectivity index (χ1v) is 11.9. The maximum absolute atomic E-state index is 12.5. The number of hydrogen-bond donors (Lipinski definition) is 1. The molecule has 29 heavy (non-hydrogen) atoms. The van der Waals surface area contributed by atoms with E-state index in [4.69, 9.17) is 0 Å². The molecule has 0 spiro atoms. The lowest BCUT2D eigenvalue weighted by atomic mass is 10.2. The lowest BCUT2D eigenvalue weighted by Crippen LogP contribution is -2.46. The molecule has 0 bridgehead atoms. The summed E-state index contributed by atoms with van der Waals surface area (Å²) < 4.78 is 27.6. The highest BCUT2D eigenvalue weighted by atomic mass is 32.2. The zero-order valence-electron chi connectivity index (χ0n) is 16.3. The molecular weight excluding hydrogens is 404 g/mol. The van der Waals surface area contributed by atoms with Gasteiger partial charge in [-0.3, -0.25) is 9.62 Å². The van der Waals surface area contributed by atoms with Crippen molar-refractivity contribution in [1.29, 1.82) is 0 Å². The van der Waals surface area contributed by atoms with E-state index in [-0.39, 0.29) is 4.90 Å². The standard InChI is InChI=1S/C21H24N4O2S2/c1-17-4-7-20(8-5-17)29(26,27)23-18-6-9-21(22-15-18)25-12-10-24(11-13-25)16-19-3-2-14-28-19/h2-9,14-15,23H,10-13,16H2,1H3. The van der Waals surface area contributed by atoms with Crippen molar-refractivity contribution in [3.63, 3.8) is 0 Å². The highest BCUT2D eigenvalue weighted by Crippen LogP contribution is 2.20. The molecule has 3 heterocycles. The quantitative estimate of drug-likeness (QED) is 0.650. The largest absolute Gasteiger partial charge is 0.354 e. The Balaban J connectivity index is 1.35. The van der Waals surface area contributed by atoms with E-state index < -0.39 is 10.0 Å². The Morgan fingerprint density at radius 1 is 1.03 bits per heavy atom. The summed E-state index contributed by atoms with van der Waals surface area (Å²) in [4.78, 5) is 10.8. The van der Waals surface area contributed by atoms with Crippen LogP contribution in [0.1, 0.15) is 10.4 Å². The van der Waals surface area contributed by atoms with E-state index >= 15 is 0 Å². The van der Waals surface area contributed by atoms with Gasteiger partial charge in [0.1, 0.15) is 5.82 Å². The van der Waals surface area contributed by atoms with Gasteiger partial charge in [0.05, 0.1) is 16.8 Å². The van der Waals surface area contributed by atoms with Crippen LogP contribution in [-0.4, -0.2) is 44.5 Å². The van der Waals surface area contributed by atoms with Crippen LogP contribution in [0.25, 0.3) is 0 Å². The number of thiophene rings is 1. The topological polar surface area (TPSA) is 65.5 Å². The first kappa shape index (κ1) is 19.9. The second kappa shape index (κ2) is 8.52. The Labute approximate surface area is 175 Å². The van der Waals surface area contributed by atoms with Gasteiger partial charge in [0, 0.05) is 37.6 Å². The van der Waals surface area contributed by atoms with Gasteiger partial charge in [0.15, 0.2) is 0 Å². The zero-order chi connectivity index (χ0) is 20.3. The zero-order valence-corrected chi connectivity index (χ0v) is 17.9. The van der Waals surface area contributed by atoms with E-state index in [9.17, 15) is 8.42 Å². The third kappa shape index (κ3) is 4.95. The molecule has 4 rings (SSSR count). The van der Waals surface area contributed by atoms with Crippen molar-refractivity contribution in [2.24, 2.45) is 0 Å². The lowest BCUT2D eigenvalue weighted by Gasteiger charge is -2.35. The average molecular weight is 429 g/mol. The predicted molar refractivity (Wildman–Crippen MR) is 118 cm³/mol. The molecule has 1 aromatic carbocycles. The number of benzene rings is 1. The van der Waals surface area contributed by atoms with Gasteiger partial charge in [-0.05, 0) is 42.6 Å². The number of piperazine rings is 1. The molecule has 1 saturated heterocycles. The van der Waals surface area contributed by atoms with E-state index in [0.717, 1.165) is 44.1 Å². The molecule has 0 aliphatic carbocycles. The first-order chi connectivity index (χ1) is 14.0. The van der Waals surface area contributed by atoms with Crippen LogP contribution in [-0.2, 0) is 16.6 Å². The van der Waals surface area contributed by atoms with Crippen LogP contribution in [0.4, 0.5) is 11.5 Å². The third-order valence-corrected chi connectivity index (χ3v) is 7.25. The van der Waals surface area contributed by atoms with Gasteiger partial charge in [-0.15, -0.1) is 11.3 Å². The molecule has 0 radical (unpaired) electrons. The summed E-state index contributed by atoms with van der Waals surface area (Å²) in [5, 5.41) is 2.12. The van der Waals surface area contributed by atoms with Crippen molar-refractivity contribution >= 4 is 32.9 Å². The molecule has 0 atom stereocenters. The number of aryl methyl sites for hydroxylation is 1. The van der Waals surface area contributed by atoms with Crippen molar-refractivity contribution in [3.05, 3.63) is 70.5 Å². The molecule has 8 heteroatoms. The number of rotatable bonds is 6. The predicted octanol–water partition coefficient (Wildman–Crippen LogP) is 3.57. The number of aromatic nitrogens is 1. The van der Waals surface area contributed by atoms with Gasteiger partial charge >= 0.3 is 0 Å². The molecule has 6 nitrogen and oxygen atoms in total. The maximum atomic E-state index is 12.5. The average Bonchev–Trinajstić information content (AvgIpc) is 3.22. The van der Waals surface area contributed by atoms with E-state index in [2.05, 4.69) is 37.0 Å². The molecular formula is C21H24N4O2S2. The van der Waals surface area contributed by atoms with Gasteiger partial charge in [-0.25, -0.2) is 13.4 Å². The van der Waals surface area contributed by atoms with Crippen LogP contribution in [0.5, 0.6) is 0 Å². The van der Waals surface area contributed by atoms with E-state index in [1.54, 1.807) is 47.9 Å². The smallest absolute Gasteiger partial charge is 0.261 e. The highest BCUT2D eigenvalue weighted by molar-refractivity contribution is 7.92. The molecule has 152 valence electrons. The van der Waals surface area contributed by atoms with Crippen LogP contribution in [0.2, 0.25) is 0 Å². The lowest BCUT2D eigenvalue weighted by molar-refractivity contribution is 0.251. The molecule has 1 N–H and O–H groups in total. The maximum Gasteiger partial charge on any atom is 0.261 e. The summed E-state index contributed by atoms with van der Waals surface area (Å²) in [5.74, 6) is 0.874. The number of nitrogens with zero attached hydrogens (tertiary/aromatic N) is 3. The fourth-order valence-electron chi connectivity index (χ4n) is 3.32. The van der Waals surface area contributed by atoms with E-state index in [1.165, 1.54) is 4.88 Å². The minimum atomic E-state index is -3.61. The fraction of sp³-hybridized carbons (Fsp3) is 0.286. The number of pyridine rings is 1. The Morgan fingerprint density at radius 3 is 2.41 bits per heavy atom. The number of anilines is 2. The van der Waals surface area contributed by atoms with Gasteiger partial charge in [-0.2, -0.15) is 0 Å². The van der Waals surface area contributed by atoms with Gasteiger partial charge < -0.3 is 4.90 Å². The van der Waals surface area contributed by atoms with Crippen LogP contribution < -0.4 is 9.62 Å². The molecule has 1 fully saturated rings. The molecule has 1 aliphatic heterocycles. The van der Waals surface area contributed by atoms with Crippen molar-refractivity contribution in [2.45, 2.75) is 18.4 Å². The highest BCUT2D eigenvalue weighted by Gasteiger charge is 2.19. The summed E-state index contributed by atoms with van der Waals surface area (Å²) >= 11 is 1.80. The third-order valence-electron chi connectivity index (χ3n) is 4.99. The van der Waals surface area contributed by atoms with Crippen LogP contribution in [0.15, 0.2) is 65.0 Å². The number of hydrogen-bond acceptors (Lipinski definition) is 6. The number of sulfonamides is 1. The summed E-state index contributed by atoms with van der Waals surface area (Å²) in [6, 6.07) is 14.7. The summed E-state index contributed by atoms with van der Waals surface area (Å²) in [6.07, 6.45) is 1.58. The second-order valence-electron chi connectivity index (χ2n) is 7.17. The Bertz CT molecular complexity index is 1030. The van der Waals surface area contributed by atoms with Crippen molar-refractivity contribution in [2.75, 3.05) is 35.8 Å². The second-order valence-corrected chi connectivity index (χ2v) is 9.88. The van der Waals surface area contributed by atoms with Gasteiger partial charge in [0.2, 0.25) is 0 Å². The fourth-order valence-corrected chi connectivity index (χ4v) is 5.11. The number of nitrogens with one attached hydrogen (secondary N) is 1. The van der Waals surface area contributed by atoms with E-state index in [1.807, 2.05) is 13.0 Å². The molecule has 0 unspecified atom stereocenters. The van der Waals surface area contributed by atoms with Crippen molar-refractivity contribution in [3.8, 4) is 0 Å². The van der Waals surface area contributed by atoms with Crippen LogP contribution >= 0.6 is 11.3 Å². The Morgan fingerprint density at radius 2 is 1.79 bits per heavy atom. The molecule has 1 aliphatic rings. The van der Waals surface area contributed by atoms with Crippen molar-refractivity contribution < 1.29 is 8.42 Å². The Hall–Kier alpha value is -2.42. The normalized spacial score (nSPS) is 15.4. The molecule has 3 aromatic rings. The summed E-state index contributed by atoms with van der Waals surface area (Å²) in [7, 11) is -3.61. The first-order valence-electron chi connectivity index (χ1n) is 9.55. The van der Waals surface area contributed by atoms with E-state index in [0.29, 0.717) is 5.69 Å². The molecule has 0 saturated carbocycles. The molecule has 2 aromatic heterocycles.